The van der Waals surface area contributed by atoms with Gasteiger partial charge < -0.3 is 9.73 Å². The van der Waals surface area contributed by atoms with Crippen LogP contribution in [0.15, 0.2) is 45.5 Å². The number of furan rings is 1. The maximum absolute atomic E-state index is 12.5. The summed E-state index contributed by atoms with van der Waals surface area (Å²) in [6, 6.07) is 9.04. The number of sulfone groups is 1. The minimum absolute atomic E-state index is 0.0804. The fourth-order valence-electron chi connectivity index (χ4n) is 3.04. The summed E-state index contributed by atoms with van der Waals surface area (Å²) >= 11 is 3.45. The molecule has 1 aliphatic rings. The van der Waals surface area contributed by atoms with E-state index in [9.17, 15) is 13.2 Å². The van der Waals surface area contributed by atoms with Gasteiger partial charge in [-0.2, -0.15) is 0 Å². The van der Waals surface area contributed by atoms with Crippen LogP contribution in [0.2, 0.25) is 0 Å². The maximum atomic E-state index is 12.5. The number of rotatable bonds is 6. The molecule has 1 atom stereocenters. The molecule has 0 radical (unpaired) electrons. The summed E-state index contributed by atoms with van der Waals surface area (Å²) in [5, 5.41) is 2.87. The summed E-state index contributed by atoms with van der Waals surface area (Å²) < 4.78 is 30.0. The van der Waals surface area contributed by atoms with Crippen molar-refractivity contribution < 1.29 is 17.6 Å². The van der Waals surface area contributed by atoms with E-state index in [4.69, 9.17) is 4.42 Å². The van der Waals surface area contributed by atoms with Gasteiger partial charge in [-0.3, -0.25) is 9.69 Å². The second-order valence-corrected chi connectivity index (χ2v) is 9.64. The fraction of sp³-hybridized carbons (Fsp3) is 0.389. The van der Waals surface area contributed by atoms with Gasteiger partial charge in [0.25, 0.3) is 0 Å². The normalized spacial score (nSPS) is 19.0. The summed E-state index contributed by atoms with van der Waals surface area (Å²) in [6.07, 6.45) is 2.11. The Labute approximate surface area is 161 Å². The lowest BCUT2D eigenvalue weighted by molar-refractivity contribution is -0.118. The third kappa shape index (κ3) is 4.96. The molecular formula is C18H21BrN2O4S. The highest BCUT2D eigenvalue weighted by Crippen LogP contribution is 2.22. The van der Waals surface area contributed by atoms with Crippen molar-refractivity contribution in [2.75, 3.05) is 23.4 Å². The van der Waals surface area contributed by atoms with Crippen molar-refractivity contribution in [3.8, 4) is 0 Å². The van der Waals surface area contributed by atoms with Gasteiger partial charge in [0, 0.05) is 16.2 Å². The van der Waals surface area contributed by atoms with Crippen molar-refractivity contribution in [3.05, 3.63) is 52.4 Å². The Kier molecular flexibility index (Phi) is 5.84. The zero-order valence-electron chi connectivity index (χ0n) is 14.4. The molecule has 26 heavy (non-hydrogen) atoms. The average Bonchev–Trinajstić information content (AvgIpc) is 3.19. The standard InChI is InChI=1S/C18H21BrN2O4S/c1-13-4-5-14(9-17(13)19)20-18(22)11-21(10-16-3-2-7-25-16)15-6-8-26(23,24)12-15/h2-5,7,9,15H,6,8,10-12H2,1H3,(H,20,22). The number of nitrogens with one attached hydrogen (secondary N) is 1. The van der Waals surface area contributed by atoms with Gasteiger partial charge in [-0.15, -0.1) is 0 Å². The van der Waals surface area contributed by atoms with Gasteiger partial charge in [0.1, 0.15) is 5.76 Å². The summed E-state index contributed by atoms with van der Waals surface area (Å²) in [7, 11) is -3.03. The molecule has 1 aromatic heterocycles. The van der Waals surface area contributed by atoms with Gasteiger partial charge in [-0.1, -0.05) is 22.0 Å². The first kappa shape index (κ1) is 19.1. The molecule has 3 rings (SSSR count). The largest absolute Gasteiger partial charge is 0.468 e. The fourth-order valence-corrected chi connectivity index (χ4v) is 5.18. The molecule has 0 spiro atoms. The smallest absolute Gasteiger partial charge is 0.238 e. The van der Waals surface area contributed by atoms with Gasteiger partial charge in [0.2, 0.25) is 5.91 Å². The van der Waals surface area contributed by atoms with Crippen molar-refractivity contribution >= 4 is 37.4 Å². The van der Waals surface area contributed by atoms with E-state index in [2.05, 4.69) is 21.2 Å². The molecule has 0 aliphatic carbocycles. The van der Waals surface area contributed by atoms with Gasteiger partial charge in [-0.25, -0.2) is 8.42 Å². The Balaban J connectivity index is 1.69. The third-order valence-corrected chi connectivity index (χ3v) is 7.07. The van der Waals surface area contributed by atoms with Crippen molar-refractivity contribution in [3.63, 3.8) is 0 Å². The van der Waals surface area contributed by atoms with Gasteiger partial charge >= 0.3 is 0 Å². The number of carbonyl (C=O) groups excluding carboxylic acids is 1. The van der Waals surface area contributed by atoms with E-state index in [1.54, 1.807) is 12.3 Å². The van der Waals surface area contributed by atoms with Crippen LogP contribution < -0.4 is 5.32 Å². The Bertz CT molecular complexity index is 881. The van der Waals surface area contributed by atoms with Crippen molar-refractivity contribution in [2.45, 2.75) is 25.9 Å². The van der Waals surface area contributed by atoms with Crippen LogP contribution in [0.1, 0.15) is 17.7 Å². The lowest BCUT2D eigenvalue weighted by atomic mass is 10.2. The van der Waals surface area contributed by atoms with E-state index in [-0.39, 0.29) is 30.0 Å². The zero-order valence-corrected chi connectivity index (χ0v) is 16.8. The Morgan fingerprint density at radius 3 is 2.81 bits per heavy atom. The maximum Gasteiger partial charge on any atom is 0.238 e. The van der Waals surface area contributed by atoms with Crippen molar-refractivity contribution in [1.82, 2.24) is 4.90 Å². The molecule has 0 saturated carbocycles. The molecule has 1 aromatic carbocycles. The summed E-state index contributed by atoms with van der Waals surface area (Å²) in [4.78, 5) is 14.4. The first-order valence-electron chi connectivity index (χ1n) is 8.35. The Morgan fingerprint density at radius 2 is 2.19 bits per heavy atom. The van der Waals surface area contributed by atoms with Crippen LogP contribution in [0, 0.1) is 6.92 Å². The van der Waals surface area contributed by atoms with E-state index in [1.807, 2.05) is 36.1 Å². The summed E-state index contributed by atoms with van der Waals surface area (Å²) in [5.41, 5.74) is 1.78. The molecule has 1 fully saturated rings. The van der Waals surface area contributed by atoms with Gasteiger partial charge in [-0.05, 0) is 43.2 Å². The third-order valence-electron chi connectivity index (χ3n) is 4.47. The lowest BCUT2D eigenvalue weighted by Crippen LogP contribution is -2.41. The van der Waals surface area contributed by atoms with Gasteiger partial charge in [0.15, 0.2) is 9.84 Å². The number of aryl methyl sites for hydroxylation is 1. The monoisotopic (exact) mass is 440 g/mol. The number of benzene rings is 1. The Hall–Kier alpha value is -1.64. The molecule has 1 saturated heterocycles. The highest BCUT2D eigenvalue weighted by Gasteiger charge is 2.33. The minimum Gasteiger partial charge on any atom is -0.468 e. The van der Waals surface area contributed by atoms with Crippen LogP contribution in [0.4, 0.5) is 5.69 Å². The lowest BCUT2D eigenvalue weighted by Gasteiger charge is -2.26. The highest BCUT2D eigenvalue weighted by molar-refractivity contribution is 9.10. The zero-order chi connectivity index (χ0) is 18.7. The molecule has 1 unspecified atom stereocenters. The van der Waals surface area contributed by atoms with E-state index in [0.717, 1.165) is 10.0 Å². The van der Waals surface area contributed by atoms with Crippen LogP contribution in [0.5, 0.6) is 0 Å². The van der Waals surface area contributed by atoms with E-state index in [1.165, 1.54) is 0 Å². The molecule has 2 aromatic rings. The molecule has 1 amide bonds. The SMILES string of the molecule is Cc1ccc(NC(=O)CN(Cc2ccco2)C2CCS(=O)(=O)C2)cc1Br. The van der Waals surface area contributed by atoms with E-state index in [0.29, 0.717) is 24.4 Å². The molecule has 6 nitrogen and oxygen atoms in total. The molecule has 0 bridgehead atoms. The topological polar surface area (TPSA) is 79.6 Å². The molecule has 8 heteroatoms. The number of amides is 1. The summed E-state index contributed by atoms with van der Waals surface area (Å²) in [5.74, 6) is 0.771. The molecular weight excluding hydrogens is 420 g/mol. The quantitative estimate of drug-likeness (QED) is 0.746. The second-order valence-electron chi connectivity index (χ2n) is 6.55. The van der Waals surface area contributed by atoms with Crippen LogP contribution in [0.3, 0.4) is 0 Å². The first-order chi connectivity index (χ1) is 12.3. The van der Waals surface area contributed by atoms with Crippen LogP contribution in [-0.2, 0) is 21.2 Å². The number of hydrogen-bond donors (Lipinski definition) is 1. The molecule has 140 valence electrons. The number of hydrogen-bond acceptors (Lipinski definition) is 5. The number of anilines is 1. The number of carbonyl (C=O) groups is 1. The summed E-state index contributed by atoms with van der Waals surface area (Å²) in [6.45, 7) is 2.48. The second kappa shape index (κ2) is 7.94. The van der Waals surface area contributed by atoms with Crippen molar-refractivity contribution in [1.29, 1.82) is 0 Å². The minimum atomic E-state index is -3.03. The predicted octanol–water partition coefficient (Wildman–Crippen LogP) is 2.98. The van der Waals surface area contributed by atoms with Gasteiger partial charge in [0.05, 0.1) is 30.9 Å². The van der Waals surface area contributed by atoms with Crippen LogP contribution in [-0.4, -0.2) is 43.3 Å². The van der Waals surface area contributed by atoms with Crippen LogP contribution in [0.25, 0.3) is 0 Å². The average molecular weight is 441 g/mol. The van der Waals surface area contributed by atoms with Crippen LogP contribution >= 0.6 is 15.9 Å². The highest BCUT2D eigenvalue weighted by atomic mass is 79.9. The first-order valence-corrected chi connectivity index (χ1v) is 11.0. The van der Waals surface area contributed by atoms with Crippen molar-refractivity contribution in [2.24, 2.45) is 0 Å². The Morgan fingerprint density at radius 1 is 1.38 bits per heavy atom. The number of halogens is 1. The molecule has 2 heterocycles. The molecule has 1 N–H and O–H groups in total. The van der Waals surface area contributed by atoms with E-state index < -0.39 is 9.84 Å². The molecule has 1 aliphatic heterocycles. The predicted molar refractivity (Wildman–Crippen MR) is 104 cm³/mol. The van der Waals surface area contributed by atoms with E-state index >= 15 is 0 Å². The number of nitrogens with zero attached hydrogens (tertiary/aromatic N) is 1.